The number of hydrogen-bond acceptors (Lipinski definition) is 2. The van der Waals surface area contributed by atoms with Gasteiger partial charge in [-0.2, -0.15) is 0 Å². The molecule has 1 rings (SSSR count). The molecule has 0 fully saturated rings. The number of rotatable bonds is 7. The predicted octanol–water partition coefficient (Wildman–Crippen LogP) is 2.76. The maximum Gasteiger partial charge on any atom is 0.317 e. The summed E-state index contributed by atoms with van der Waals surface area (Å²) in [5.41, 5.74) is 0.361. The van der Waals surface area contributed by atoms with Crippen molar-refractivity contribution in [3.8, 4) is 0 Å². The summed E-state index contributed by atoms with van der Waals surface area (Å²) in [7, 11) is 0. The molecule has 0 aromatic heterocycles. The lowest BCUT2D eigenvalue weighted by molar-refractivity contribution is -0.136. The van der Waals surface area contributed by atoms with Gasteiger partial charge in [0.1, 0.15) is 5.82 Å². The zero-order valence-corrected chi connectivity index (χ0v) is 12.9. The molecule has 0 heterocycles. The molecule has 0 bridgehead atoms. The second-order valence-corrected chi connectivity index (χ2v) is 5.20. The van der Waals surface area contributed by atoms with E-state index in [0.29, 0.717) is 10.0 Å². The number of carbonyl (C=O) groups excluding carboxylic acids is 1. The first-order valence-electron chi connectivity index (χ1n) is 6.23. The Hall–Kier alpha value is -1.89. The van der Waals surface area contributed by atoms with Gasteiger partial charge in [-0.3, -0.25) is 4.79 Å². The third-order valence-electron chi connectivity index (χ3n) is 2.62. The van der Waals surface area contributed by atoms with Crippen molar-refractivity contribution >= 4 is 27.9 Å². The molecule has 2 N–H and O–H groups in total. The van der Waals surface area contributed by atoms with Gasteiger partial charge in [-0.1, -0.05) is 22.0 Å². The normalized spacial score (nSPS) is 10.0. The summed E-state index contributed by atoms with van der Waals surface area (Å²) in [6.45, 7) is 3.86. The molecule has 1 aromatic carbocycles. The molecule has 0 spiro atoms. The number of aliphatic carboxylic acids is 1. The van der Waals surface area contributed by atoms with Gasteiger partial charge in [0.05, 0.1) is 13.0 Å². The minimum Gasteiger partial charge on any atom is -0.481 e. The van der Waals surface area contributed by atoms with E-state index in [4.69, 9.17) is 5.11 Å². The van der Waals surface area contributed by atoms with E-state index in [1.54, 1.807) is 12.1 Å². The van der Waals surface area contributed by atoms with Crippen LogP contribution in [-0.2, 0) is 11.3 Å². The Morgan fingerprint density at radius 3 is 2.81 bits per heavy atom. The Morgan fingerprint density at radius 2 is 2.19 bits per heavy atom. The number of nitrogens with one attached hydrogen (secondary N) is 1. The number of urea groups is 1. The molecular formula is C14H16BrFN2O3. The molecule has 5 nitrogen and oxygen atoms in total. The van der Waals surface area contributed by atoms with Crippen molar-refractivity contribution in [1.29, 1.82) is 0 Å². The van der Waals surface area contributed by atoms with E-state index in [9.17, 15) is 14.0 Å². The van der Waals surface area contributed by atoms with Crippen molar-refractivity contribution < 1.29 is 19.1 Å². The summed E-state index contributed by atoms with van der Waals surface area (Å²) >= 11 is 3.25. The third kappa shape index (κ3) is 5.95. The fourth-order valence-corrected chi connectivity index (χ4v) is 2.04. The van der Waals surface area contributed by atoms with Gasteiger partial charge in [0.2, 0.25) is 0 Å². The van der Waals surface area contributed by atoms with Gasteiger partial charge >= 0.3 is 12.0 Å². The van der Waals surface area contributed by atoms with Crippen molar-refractivity contribution in [3.05, 3.63) is 46.7 Å². The average molecular weight is 359 g/mol. The zero-order valence-electron chi connectivity index (χ0n) is 11.3. The lowest BCUT2D eigenvalue weighted by atomic mass is 10.2. The van der Waals surface area contributed by atoms with Crippen LogP contribution in [0.1, 0.15) is 12.0 Å². The van der Waals surface area contributed by atoms with E-state index in [2.05, 4.69) is 27.8 Å². The summed E-state index contributed by atoms with van der Waals surface area (Å²) in [6, 6.07) is 4.02. The van der Waals surface area contributed by atoms with Crippen LogP contribution in [0.3, 0.4) is 0 Å². The highest BCUT2D eigenvalue weighted by molar-refractivity contribution is 9.10. The highest BCUT2D eigenvalue weighted by atomic mass is 79.9. The van der Waals surface area contributed by atoms with E-state index < -0.39 is 17.8 Å². The fourth-order valence-electron chi connectivity index (χ4n) is 1.63. The topological polar surface area (TPSA) is 69.6 Å². The van der Waals surface area contributed by atoms with Crippen LogP contribution in [0.2, 0.25) is 0 Å². The van der Waals surface area contributed by atoms with Crippen LogP contribution in [0.5, 0.6) is 0 Å². The van der Waals surface area contributed by atoms with E-state index in [0.717, 1.165) is 0 Å². The van der Waals surface area contributed by atoms with E-state index in [-0.39, 0.29) is 26.1 Å². The van der Waals surface area contributed by atoms with Gasteiger partial charge in [0, 0.05) is 23.1 Å². The van der Waals surface area contributed by atoms with Gasteiger partial charge in [0.25, 0.3) is 0 Å². The molecule has 0 aliphatic carbocycles. The highest BCUT2D eigenvalue weighted by Crippen LogP contribution is 2.17. The second-order valence-electron chi connectivity index (χ2n) is 4.28. The molecule has 0 unspecified atom stereocenters. The van der Waals surface area contributed by atoms with Gasteiger partial charge in [-0.05, 0) is 18.2 Å². The first-order chi connectivity index (χ1) is 9.93. The number of carboxylic acid groups (broad SMARTS) is 1. The second kappa shape index (κ2) is 8.41. The Bertz CT molecular complexity index is 537. The Kier molecular flexibility index (Phi) is 6.87. The molecule has 0 aliphatic rings. The Morgan fingerprint density at radius 1 is 1.48 bits per heavy atom. The van der Waals surface area contributed by atoms with Crippen molar-refractivity contribution in [2.75, 3.05) is 13.1 Å². The highest BCUT2D eigenvalue weighted by Gasteiger charge is 2.15. The summed E-state index contributed by atoms with van der Waals surface area (Å²) in [6.07, 6.45) is 1.35. The summed E-state index contributed by atoms with van der Waals surface area (Å²) in [5.74, 6) is -1.41. The van der Waals surface area contributed by atoms with E-state index >= 15 is 0 Å². The van der Waals surface area contributed by atoms with Crippen molar-refractivity contribution in [1.82, 2.24) is 10.2 Å². The van der Waals surface area contributed by atoms with Crippen LogP contribution in [0, 0.1) is 5.82 Å². The number of carbonyl (C=O) groups is 2. The minimum atomic E-state index is -0.997. The molecule has 7 heteroatoms. The van der Waals surface area contributed by atoms with E-state index in [1.165, 1.54) is 17.0 Å². The molecule has 21 heavy (non-hydrogen) atoms. The summed E-state index contributed by atoms with van der Waals surface area (Å²) < 4.78 is 14.4. The largest absolute Gasteiger partial charge is 0.481 e. The van der Waals surface area contributed by atoms with Gasteiger partial charge in [0.15, 0.2) is 0 Å². The number of carboxylic acids is 1. The number of nitrogens with zero attached hydrogens (tertiary/aromatic N) is 1. The summed E-state index contributed by atoms with van der Waals surface area (Å²) in [5, 5.41) is 11.0. The van der Waals surface area contributed by atoms with Crippen molar-refractivity contribution in [2.45, 2.75) is 13.0 Å². The van der Waals surface area contributed by atoms with Gasteiger partial charge < -0.3 is 15.3 Å². The molecule has 114 valence electrons. The van der Waals surface area contributed by atoms with Crippen LogP contribution < -0.4 is 5.32 Å². The molecule has 2 amide bonds. The number of benzene rings is 1. The van der Waals surface area contributed by atoms with Crippen LogP contribution in [0.4, 0.5) is 9.18 Å². The number of amides is 2. The number of hydrogen-bond donors (Lipinski definition) is 2. The maximum absolute atomic E-state index is 13.7. The van der Waals surface area contributed by atoms with Gasteiger partial charge in [-0.15, -0.1) is 6.58 Å². The third-order valence-corrected chi connectivity index (χ3v) is 3.11. The molecule has 0 radical (unpaired) electrons. The summed E-state index contributed by atoms with van der Waals surface area (Å²) in [4.78, 5) is 23.7. The molecule has 0 aliphatic heterocycles. The lowest BCUT2D eigenvalue weighted by Gasteiger charge is -2.22. The SMILES string of the molecule is C=CCN(Cc1cc(Br)ccc1F)C(=O)NCCC(=O)O. The van der Waals surface area contributed by atoms with Crippen LogP contribution in [0.25, 0.3) is 0 Å². The smallest absolute Gasteiger partial charge is 0.317 e. The zero-order chi connectivity index (χ0) is 15.8. The molecule has 0 saturated heterocycles. The molecular weight excluding hydrogens is 343 g/mol. The average Bonchev–Trinajstić information content (AvgIpc) is 2.41. The Labute approximate surface area is 130 Å². The van der Waals surface area contributed by atoms with Gasteiger partial charge in [-0.25, -0.2) is 9.18 Å². The maximum atomic E-state index is 13.7. The van der Waals surface area contributed by atoms with Crippen molar-refractivity contribution in [3.63, 3.8) is 0 Å². The van der Waals surface area contributed by atoms with Crippen molar-refractivity contribution in [2.24, 2.45) is 0 Å². The molecule has 0 saturated carbocycles. The first kappa shape index (κ1) is 17.2. The van der Waals surface area contributed by atoms with Crippen LogP contribution in [-0.4, -0.2) is 35.1 Å². The van der Waals surface area contributed by atoms with Crippen LogP contribution >= 0.6 is 15.9 Å². The van der Waals surface area contributed by atoms with E-state index in [1.807, 2.05) is 0 Å². The standard InChI is InChI=1S/C14H16BrFN2O3/c1-2-7-18(14(21)17-6-5-13(19)20)9-10-8-11(15)3-4-12(10)16/h2-4,8H,1,5-7,9H2,(H,17,21)(H,19,20). The number of halogens is 2. The lowest BCUT2D eigenvalue weighted by Crippen LogP contribution is -2.40. The Balaban J connectivity index is 2.72. The fraction of sp³-hybridized carbons (Fsp3) is 0.286. The predicted molar refractivity (Wildman–Crippen MR) is 80.4 cm³/mol. The van der Waals surface area contributed by atoms with Crippen LogP contribution in [0.15, 0.2) is 35.3 Å². The first-order valence-corrected chi connectivity index (χ1v) is 7.02. The monoisotopic (exact) mass is 358 g/mol. The molecule has 1 aromatic rings. The quantitative estimate of drug-likeness (QED) is 0.736. The minimum absolute atomic E-state index is 0.0166. The molecule has 0 atom stereocenters.